The third-order valence-corrected chi connectivity index (χ3v) is 3.55. The summed E-state index contributed by atoms with van der Waals surface area (Å²) in [6.45, 7) is 0.503. The molecule has 1 fully saturated rings. The van der Waals surface area contributed by atoms with Gasteiger partial charge in [0.05, 0.1) is 12.2 Å². The largest absolute Gasteiger partial charge is 0.493 e. The van der Waals surface area contributed by atoms with E-state index in [1.165, 1.54) is 25.0 Å². The van der Waals surface area contributed by atoms with E-state index in [0.717, 1.165) is 18.9 Å². The maximum atomic E-state index is 12.8. The molecule has 1 aliphatic carbocycles. The van der Waals surface area contributed by atoms with Crippen LogP contribution in [0, 0.1) is 11.3 Å². The lowest BCUT2D eigenvalue weighted by Gasteiger charge is -2.15. The number of nitrogens with one attached hydrogen (secondary N) is 1. The molecule has 6 heteroatoms. The highest BCUT2D eigenvalue weighted by atomic mass is 19.4. The monoisotopic (exact) mass is 286 g/mol. The molecular formula is C14H17F3N2O. The van der Waals surface area contributed by atoms with Gasteiger partial charge >= 0.3 is 6.18 Å². The Labute approximate surface area is 115 Å². The summed E-state index contributed by atoms with van der Waals surface area (Å²) in [4.78, 5) is 0. The van der Waals surface area contributed by atoms with Gasteiger partial charge in [-0.15, -0.1) is 0 Å². The average Bonchev–Trinajstić information content (AvgIpc) is 2.88. The van der Waals surface area contributed by atoms with Gasteiger partial charge in [-0.3, -0.25) is 5.41 Å². The molecule has 2 rings (SSSR count). The number of amidine groups is 1. The molecular weight excluding hydrogens is 269 g/mol. The Hall–Kier alpha value is -1.72. The molecule has 3 N–H and O–H groups in total. The van der Waals surface area contributed by atoms with Crippen LogP contribution in [-0.2, 0) is 6.18 Å². The van der Waals surface area contributed by atoms with Gasteiger partial charge in [0.1, 0.15) is 11.6 Å². The summed E-state index contributed by atoms with van der Waals surface area (Å²) in [5.41, 5.74) is 3.99. The standard InChI is InChI=1S/C14H17F3N2O/c15-14(16,17)12-6-5-10(7-11(12)13(18)19)20-8-9-3-1-2-4-9/h5-7,9H,1-4,8H2,(H3,18,19). The maximum Gasteiger partial charge on any atom is 0.417 e. The molecule has 1 aliphatic rings. The lowest BCUT2D eigenvalue weighted by atomic mass is 10.1. The van der Waals surface area contributed by atoms with Crippen LogP contribution < -0.4 is 10.5 Å². The predicted octanol–water partition coefficient (Wildman–Crippen LogP) is 3.56. The zero-order valence-electron chi connectivity index (χ0n) is 11.0. The molecule has 0 heterocycles. The lowest BCUT2D eigenvalue weighted by Crippen LogP contribution is -2.19. The summed E-state index contributed by atoms with van der Waals surface area (Å²) in [5, 5.41) is 7.27. The molecule has 0 unspecified atom stereocenters. The fourth-order valence-corrected chi connectivity index (χ4v) is 2.47. The van der Waals surface area contributed by atoms with Crippen LogP contribution in [-0.4, -0.2) is 12.4 Å². The summed E-state index contributed by atoms with van der Waals surface area (Å²) >= 11 is 0. The topological polar surface area (TPSA) is 59.1 Å². The molecule has 110 valence electrons. The third kappa shape index (κ3) is 3.43. The smallest absolute Gasteiger partial charge is 0.417 e. The summed E-state index contributed by atoms with van der Waals surface area (Å²) in [6.07, 6.45) is 0.0326. The molecule has 0 saturated heterocycles. The predicted molar refractivity (Wildman–Crippen MR) is 69.9 cm³/mol. The number of halogens is 3. The fourth-order valence-electron chi connectivity index (χ4n) is 2.47. The van der Waals surface area contributed by atoms with E-state index >= 15 is 0 Å². The second-order valence-corrected chi connectivity index (χ2v) is 5.08. The molecule has 1 saturated carbocycles. The van der Waals surface area contributed by atoms with Crippen molar-refractivity contribution in [3.63, 3.8) is 0 Å². The van der Waals surface area contributed by atoms with Gasteiger partial charge in [0.25, 0.3) is 0 Å². The van der Waals surface area contributed by atoms with E-state index in [9.17, 15) is 13.2 Å². The number of rotatable bonds is 4. The van der Waals surface area contributed by atoms with Gasteiger partial charge < -0.3 is 10.5 Å². The highest BCUT2D eigenvalue weighted by Gasteiger charge is 2.34. The van der Waals surface area contributed by atoms with Crippen molar-refractivity contribution in [2.45, 2.75) is 31.9 Å². The van der Waals surface area contributed by atoms with E-state index in [1.54, 1.807) is 0 Å². The molecule has 20 heavy (non-hydrogen) atoms. The molecule has 0 aliphatic heterocycles. The summed E-state index contributed by atoms with van der Waals surface area (Å²) < 4.78 is 43.9. The number of alkyl halides is 3. The van der Waals surface area contributed by atoms with Crippen molar-refractivity contribution in [2.24, 2.45) is 11.7 Å². The van der Waals surface area contributed by atoms with Gasteiger partial charge in [-0.05, 0) is 37.0 Å². The second-order valence-electron chi connectivity index (χ2n) is 5.08. The molecule has 0 spiro atoms. The third-order valence-electron chi connectivity index (χ3n) is 3.55. The molecule has 0 radical (unpaired) electrons. The van der Waals surface area contributed by atoms with Crippen LogP contribution >= 0.6 is 0 Å². The van der Waals surface area contributed by atoms with Crippen molar-refractivity contribution in [1.82, 2.24) is 0 Å². The Bertz CT molecular complexity index is 494. The quantitative estimate of drug-likeness (QED) is 0.656. The molecule has 1 aromatic rings. The Morgan fingerprint density at radius 1 is 1.30 bits per heavy atom. The van der Waals surface area contributed by atoms with E-state index < -0.39 is 17.6 Å². The minimum Gasteiger partial charge on any atom is -0.493 e. The Balaban J connectivity index is 2.15. The zero-order chi connectivity index (χ0) is 14.8. The Morgan fingerprint density at radius 2 is 1.95 bits per heavy atom. The van der Waals surface area contributed by atoms with Crippen molar-refractivity contribution in [1.29, 1.82) is 5.41 Å². The van der Waals surface area contributed by atoms with Crippen molar-refractivity contribution in [3.8, 4) is 5.75 Å². The number of hydrogen-bond acceptors (Lipinski definition) is 2. The normalized spacial score (nSPS) is 16.4. The number of nitrogen functional groups attached to an aromatic ring is 1. The van der Waals surface area contributed by atoms with Crippen LogP contribution in [0.25, 0.3) is 0 Å². The average molecular weight is 286 g/mol. The molecule has 0 amide bonds. The first-order valence-corrected chi connectivity index (χ1v) is 6.56. The van der Waals surface area contributed by atoms with E-state index in [4.69, 9.17) is 15.9 Å². The minimum atomic E-state index is -4.52. The first kappa shape index (κ1) is 14.7. The molecule has 3 nitrogen and oxygen atoms in total. The maximum absolute atomic E-state index is 12.8. The van der Waals surface area contributed by atoms with Gasteiger partial charge in [-0.2, -0.15) is 13.2 Å². The van der Waals surface area contributed by atoms with Gasteiger partial charge in [0.15, 0.2) is 0 Å². The van der Waals surface area contributed by atoms with E-state index in [2.05, 4.69) is 0 Å². The zero-order valence-corrected chi connectivity index (χ0v) is 11.0. The van der Waals surface area contributed by atoms with E-state index in [-0.39, 0.29) is 5.56 Å². The Kier molecular flexibility index (Phi) is 4.20. The highest BCUT2D eigenvalue weighted by molar-refractivity contribution is 5.97. The first-order valence-electron chi connectivity index (χ1n) is 6.56. The van der Waals surface area contributed by atoms with Crippen LogP contribution in [0.4, 0.5) is 13.2 Å². The SMILES string of the molecule is N=C(N)c1cc(OCC2CCCC2)ccc1C(F)(F)F. The molecule has 0 bridgehead atoms. The van der Waals surface area contributed by atoms with E-state index in [1.807, 2.05) is 0 Å². The van der Waals surface area contributed by atoms with Crippen LogP contribution in [0.5, 0.6) is 5.75 Å². The lowest BCUT2D eigenvalue weighted by molar-refractivity contribution is -0.137. The van der Waals surface area contributed by atoms with Gasteiger partial charge in [0.2, 0.25) is 0 Å². The van der Waals surface area contributed by atoms with E-state index in [0.29, 0.717) is 18.3 Å². The minimum absolute atomic E-state index is 0.329. The number of hydrogen-bond donors (Lipinski definition) is 2. The Morgan fingerprint density at radius 3 is 2.50 bits per heavy atom. The highest BCUT2D eigenvalue weighted by Crippen LogP contribution is 2.34. The fraction of sp³-hybridized carbons (Fsp3) is 0.500. The van der Waals surface area contributed by atoms with Crippen molar-refractivity contribution in [3.05, 3.63) is 29.3 Å². The first-order chi connectivity index (χ1) is 9.38. The second kappa shape index (κ2) is 5.73. The molecule has 0 aromatic heterocycles. The van der Waals surface area contributed by atoms with Gasteiger partial charge in [-0.25, -0.2) is 0 Å². The van der Waals surface area contributed by atoms with Crippen LogP contribution in [0.15, 0.2) is 18.2 Å². The van der Waals surface area contributed by atoms with Crippen molar-refractivity contribution < 1.29 is 17.9 Å². The number of nitrogens with two attached hydrogens (primary N) is 1. The number of benzene rings is 1. The summed E-state index contributed by atoms with van der Waals surface area (Å²) in [7, 11) is 0. The van der Waals surface area contributed by atoms with Crippen LogP contribution in [0.3, 0.4) is 0 Å². The van der Waals surface area contributed by atoms with Crippen molar-refractivity contribution >= 4 is 5.84 Å². The number of ether oxygens (including phenoxy) is 1. The van der Waals surface area contributed by atoms with Crippen LogP contribution in [0.1, 0.15) is 36.8 Å². The molecule has 1 aromatic carbocycles. The van der Waals surface area contributed by atoms with Gasteiger partial charge in [-0.1, -0.05) is 12.8 Å². The van der Waals surface area contributed by atoms with Crippen LogP contribution in [0.2, 0.25) is 0 Å². The summed E-state index contributed by atoms with van der Waals surface area (Å²) in [6, 6.07) is 3.39. The van der Waals surface area contributed by atoms with Gasteiger partial charge in [0, 0.05) is 5.56 Å². The summed E-state index contributed by atoms with van der Waals surface area (Å²) in [5.74, 6) is 0.191. The van der Waals surface area contributed by atoms with Crippen molar-refractivity contribution in [2.75, 3.05) is 6.61 Å². The molecule has 0 atom stereocenters.